The Labute approximate surface area is 182 Å². The van der Waals surface area contributed by atoms with Gasteiger partial charge in [-0.3, -0.25) is 4.79 Å². The molecule has 1 aliphatic rings. The minimum atomic E-state index is -4.51. The molecule has 3 rings (SSSR count). The summed E-state index contributed by atoms with van der Waals surface area (Å²) in [5.74, 6) is -0.813. The van der Waals surface area contributed by atoms with Gasteiger partial charge in [-0.2, -0.15) is 13.2 Å². The smallest absolute Gasteiger partial charge is 0.345 e. The number of carbonyl (C=O) groups is 1. The summed E-state index contributed by atoms with van der Waals surface area (Å²) >= 11 is 5.89. The first kappa shape index (κ1) is 23.3. The Bertz CT molecular complexity index is 953. The Morgan fingerprint density at radius 2 is 2.06 bits per heavy atom. The number of benzene rings is 1. The molecule has 0 bridgehead atoms. The summed E-state index contributed by atoms with van der Waals surface area (Å²) < 4.78 is 53.4. The summed E-state index contributed by atoms with van der Waals surface area (Å²) in [6, 6.07) is 5.22. The van der Waals surface area contributed by atoms with Crippen LogP contribution in [0.2, 0.25) is 5.02 Å². The van der Waals surface area contributed by atoms with Crippen molar-refractivity contribution < 1.29 is 22.4 Å². The molecule has 2 heterocycles. The molecule has 1 amide bonds. The number of carbonyl (C=O) groups excluding carboxylic acids is 1. The van der Waals surface area contributed by atoms with Gasteiger partial charge < -0.3 is 15.5 Å². The van der Waals surface area contributed by atoms with Gasteiger partial charge in [0.15, 0.2) is 0 Å². The number of rotatable bonds is 6. The Balaban J connectivity index is 1.94. The summed E-state index contributed by atoms with van der Waals surface area (Å²) in [4.78, 5) is 20.8. The first-order valence-corrected chi connectivity index (χ1v) is 10.3. The molecule has 1 aromatic carbocycles. The van der Waals surface area contributed by atoms with Crippen LogP contribution in [0.1, 0.15) is 30.5 Å². The average Bonchev–Trinajstić information content (AvgIpc) is 3.19. The lowest BCUT2D eigenvalue weighted by Gasteiger charge is -2.31. The largest absolute Gasteiger partial charge is 0.416 e. The number of nitrogens with zero attached hydrogens (tertiary/aromatic N) is 3. The lowest BCUT2D eigenvalue weighted by Crippen LogP contribution is -2.47. The quantitative estimate of drug-likeness (QED) is 0.645. The number of amides is 1. The summed E-state index contributed by atoms with van der Waals surface area (Å²) in [7, 11) is 0. The van der Waals surface area contributed by atoms with Gasteiger partial charge in [0.2, 0.25) is 5.91 Å². The summed E-state index contributed by atoms with van der Waals surface area (Å²) in [5, 5.41) is -0.124. The number of aromatic nitrogens is 1. The van der Waals surface area contributed by atoms with Crippen LogP contribution in [-0.4, -0.2) is 36.6 Å². The van der Waals surface area contributed by atoms with E-state index < -0.39 is 23.6 Å². The van der Waals surface area contributed by atoms with Crippen molar-refractivity contribution in [2.75, 3.05) is 29.4 Å². The van der Waals surface area contributed by atoms with E-state index in [1.165, 1.54) is 30.0 Å². The fraction of sp³-hybridized carbons (Fsp3) is 0.429. The van der Waals surface area contributed by atoms with Gasteiger partial charge in [0.1, 0.15) is 17.7 Å². The number of anilines is 2. The van der Waals surface area contributed by atoms with E-state index in [0.717, 1.165) is 12.1 Å². The van der Waals surface area contributed by atoms with Crippen molar-refractivity contribution >= 4 is 29.0 Å². The molecule has 0 aliphatic carbocycles. The molecule has 31 heavy (non-hydrogen) atoms. The van der Waals surface area contributed by atoms with Gasteiger partial charge in [0.25, 0.3) is 0 Å². The predicted octanol–water partition coefficient (Wildman–Crippen LogP) is 4.55. The third kappa shape index (κ3) is 5.27. The van der Waals surface area contributed by atoms with Crippen molar-refractivity contribution in [3.05, 3.63) is 52.4 Å². The second-order valence-electron chi connectivity index (χ2n) is 7.44. The van der Waals surface area contributed by atoms with E-state index >= 15 is 0 Å². The normalized spacial score (nSPS) is 16.6. The zero-order valence-electron chi connectivity index (χ0n) is 16.9. The minimum Gasteiger partial charge on any atom is -0.345 e. The second-order valence-corrected chi connectivity index (χ2v) is 7.84. The summed E-state index contributed by atoms with van der Waals surface area (Å²) in [6.07, 6.45) is -2.93. The number of hydrogen-bond donors (Lipinski definition) is 1. The highest BCUT2D eigenvalue weighted by Crippen LogP contribution is 2.34. The molecule has 0 unspecified atom stereocenters. The van der Waals surface area contributed by atoms with E-state index in [-0.39, 0.29) is 29.0 Å². The summed E-state index contributed by atoms with van der Waals surface area (Å²) in [5.41, 5.74) is 5.42. The molecule has 168 valence electrons. The molecule has 10 heteroatoms. The molecular weight excluding hydrogens is 436 g/mol. The van der Waals surface area contributed by atoms with Gasteiger partial charge >= 0.3 is 6.18 Å². The van der Waals surface area contributed by atoms with Crippen molar-refractivity contribution in [3.63, 3.8) is 0 Å². The van der Waals surface area contributed by atoms with Gasteiger partial charge in [0.05, 0.1) is 10.6 Å². The zero-order chi connectivity index (χ0) is 22.8. The third-order valence-electron chi connectivity index (χ3n) is 5.17. The second kappa shape index (κ2) is 9.40. The molecule has 5 nitrogen and oxygen atoms in total. The van der Waals surface area contributed by atoms with Crippen molar-refractivity contribution in [2.45, 2.75) is 38.4 Å². The van der Waals surface area contributed by atoms with Crippen LogP contribution in [0.25, 0.3) is 0 Å². The van der Waals surface area contributed by atoms with E-state index in [2.05, 4.69) is 4.98 Å². The Morgan fingerprint density at radius 3 is 2.71 bits per heavy atom. The SMILES string of the molecule is Cc1cc(C(F)(F)F)cc(N2CCC[C@H]2C(=O)N(CCCN)c2ccc(F)c(Cl)c2)n1. The number of nitrogens with two attached hydrogens (primary N) is 1. The number of halogens is 5. The van der Waals surface area contributed by atoms with Crippen LogP contribution in [0.3, 0.4) is 0 Å². The monoisotopic (exact) mass is 458 g/mol. The van der Waals surface area contributed by atoms with Gasteiger partial charge in [-0.1, -0.05) is 11.6 Å². The molecule has 2 N–H and O–H groups in total. The van der Waals surface area contributed by atoms with Crippen molar-refractivity contribution in [3.8, 4) is 0 Å². The molecular formula is C21H23ClF4N4O. The van der Waals surface area contributed by atoms with Gasteiger partial charge in [0, 0.05) is 24.5 Å². The van der Waals surface area contributed by atoms with Crippen molar-refractivity contribution in [1.29, 1.82) is 0 Å². The van der Waals surface area contributed by atoms with Crippen LogP contribution in [0.15, 0.2) is 30.3 Å². The maximum Gasteiger partial charge on any atom is 0.416 e. The fourth-order valence-electron chi connectivity index (χ4n) is 3.71. The maximum atomic E-state index is 13.6. The van der Waals surface area contributed by atoms with E-state index in [1.54, 1.807) is 4.90 Å². The Hall–Kier alpha value is -2.39. The molecule has 0 spiro atoms. The average molecular weight is 459 g/mol. The highest BCUT2D eigenvalue weighted by Gasteiger charge is 2.37. The molecule has 1 saturated heterocycles. The number of alkyl halides is 3. The minimum absolute atomic E-state index is 0.110. The van der Waals surface area contributed by atoms with E-state index in [9.17, 15) is 22.4 Å². The van der Waals surface area contributed by atoms with E-state index in [4.69, 9.17) is 17.3 Å². The van der Waals surface area contributed by atoms with Crippen molar-refractivity contribution in [1.82, 2.24) is 4.98 Å². The van der Waals surface area contributed by atoms with Crippen LogP contribution in [-0.2, 0) is 11.0 Å². The van der Waals surface area contributed by atoms with E-state index in [1.807, 2.05) is 0 Å². The Morgan fingerprint density at radius 1 is 1.32 bits per heavy atom. The van der Waals surface area contributed by atoms with Crippen LogP contribution < -0.4 is 15.5 Å². The number of hydrogen-bond acceptors (Lipinski definition) is 4. The van der Waals surface area contributed by atoms with Crippen LogP contribution >= 0.6 is 11.6 Å². The lowest BCUT2D eigenvalue weighted by atomic mass is 10.1. The highest BCUT2D eigenvalue weighted by atomic mass is 35.5. The van der Waals surface area contributed by atoms with Crippen LogP contribution in [0.5, 0.6) is 0 Å². The molecule has 0 saturated carbocycles. The van der Waals surface area contributed by atoms with Crippen molar-refractivity contribution in [2.24, 2.45) is 5.73 Å². The molecule has 1 atom stereocenters. The first-order chi connectivity index (χ1) is 14.6. The topological polar surface area (TPSA) is 62.5 Å². The molecule has 1 fully saturated rings. The molecule has 2 aromatic rings. The molecule has 1 aromatic heterocycles. The van der Waals surface area contributed by atoms with Gasteiger partial charge in [-0.15, -0.1) is 0 Å². The lowest BCUT2D eigenvalue weighted by molar-refractivity contribution is -0.137. The van der Waals surface area contributed by atoms with Gasteiger partial charge in [-0.25, -0.2) is 9.37 Å². The fourth-order valence-corrected chi connectivity index (χ4v) is 3.88. The molecule has 1 aliphatic heterocycles. The number of pyridine rings is 1. The third-order valence-corrected chi connectivity index (χ3v) is 5.46. The summed E-state index contributed by atoms with van der Waals surface area (Å²) in [6.45, 7) is 2.50. The Kier molecular flexibility index (Phi) is 7.06. The van der Waals surface area contributed by atoms with Crippen LogP contribution in [0, 0.1) is 12.7 Å². The zero-order valence-corrected chi connectivity index (χ0v) is 17.7. The standard InChI is InChI=1S/C21H23ClF4N4O/c1-13-10-14(21(24,25)26)11-19(28-13)30-8-2-4-18(30)20(31)29(9-3-7-27)15-5-6-17(23)16(22)12-15/h5-6,10-12,18H,2-4,7-9,27H2,1H3/t18-/m0/s1. The van der Waals surface area contributed by atoms with E-state index in [0.29, 0.717) is 38.0 Å². The predicted molar refractivity (Wildman–Crippen MR) is 112 cm³/mol. The molecule has 0 radical (unpaired) electrons. The highest BCUT2D eigenvalue weighted by molar-refractivity contribution is 6.31. The van der Waals surface area contributed by atoms with Gasteiger partial charge in [-0.05, 0) is 63.1 Å². The maximum absolute atomic E-state index is 13.6. The number of aryl methyl sites for hydroxylation is 1. The van der Waals surface area contributed by atoms with Crippen LogP contribution in [0.4, 0.5) is 29.1 Å². The first-order valence-electron chi connectivity index (χ1n) is 9.91.